The Labute approximate surface area is 192 Å². The first kappa shape index (κ1) is 22.4. The van der Waals surface area contributed by atoms with Gasteiger partial charge < -0.3 is 15.1 Å². The highest BCUT2D eigenvalue weighted by atomic mass is 127. The summed E-state index contributed by atoms with van der Waals surface area (Å²) in [4.78, 5) is 21.3. The molecule has 0 spiro atoms. The Balaban J connectivity index is 0.00000240. The number of benzene rings is 1. The van der Waals surface area contributed by atoms with Crippen LogP contribution in [-0.4, -0.2) is 49.5 Å². The fourth-order valence-corrected chi connectivity index (χ4v) is 4.56. The number of halogens is 1. The van der Waals surface area contributed by atoms with Gasteiger partial charge >= 0.3 is 0 Å². The molecule has 2 aliphatic heterocycles. The number of hydrogen-bond donors (Lipinski definition) is 1. The first-order valence-corrected chi connectivity index (χ1v) is 11.2. The summed E-state index contributed by atoms with van der Waals surface area (Å²) in [6.07, 6.45) is 8.13. The molecule has 1 saturated carbocycles. The van der Waals surface area contributed by atoms with E-state index in [0.717, 1.165) is 63.9 Å². The van der Waals surface area contributed by atoms with Gasteiger partial charge in [-0.2, -0.15) is 0 Å². The van der Waals surface area contributed by atoms with Gasteiger partial charge in [0.2, 0.25) is 5.91 Å². The number of carbonyl (C=O) groups excluding carboxylic acids is 1. The zero-order valence-corrected chi connectivity index (χ0v) is 19.9. The second-order valence-electron chi connectivity index (χ2n) is 8.46. The highest BCUT2D eigenvalue weighted by Crippen LogP contribution is 2.38. The van der Waals surface area contributed by atoms with Gasteiger partial charge in [0.15, 0.2) is 5.96 Å². The van der Waals surface area contributed by atoms with Crippen LogP contribution in [0.15, 0.2) is 29.3 Å². The zero-order valence-electron chi connectivity index (χ0n) is 17.6. The Bertz CT molecular complexity index is 719. The molecule has 1 aromatic rings. The van der Waals surface area contributed by atoms with E-state index in [1.54, 1.807) is 0 Å². The summed E-state index contributed by atoms with van der Waals surface area (Å²) in [6.45, 7) is 6.69. The number of nitrogens with zero attached hydrogens (tertiary/aromatic N) is 3. The van der Waals surface area contributed by atoms with Crippen LogP contribution in [0.2, 0.25) is 0 Å². The SMILES string of the molecule is CCNC(=NCCCC1CC1)N1CC(CCN2CCCC2=O)c2ccccc21.I. The summed E-state index contributed by atoms with van der Waals surface area (Å²) in [5.41, 5.74) is 2.68. The number of fused-ring (bicyclic) bond motifs is 1. The lowest BCUT2D eigenvalue weighted by molar-refractivity contribution is -0.127. The van der Waals surface area contributed by atoms with E-state index in [1.165, 1.54) is 36.9 Å². The van der Waals surface area contributed by atoms with Crippen molar-refractivity contribution in [2.75, 3.05) is 37.6 Å². The Morgan fingerprint density at radius 2 is 2.07 bits per heavy atom. The molecule has 0 bridgehead atoms. The second kappa shape index (κ2) is 10.6. The molecule has 2 fully saturated rings. The van der Waals surface area contributed by atoms with Crippen molar-refractivity contribution in [2.24, 2.45) is 10.9 Å². The van der Waals surface area contributed by atoms with E-state index in [-0.39, 0.29) is 24.0 Å². The summed E-state index contributed by atoms with van der Waals surface area (Å²) < 4.78 is 0. The average molecular weight is 510 g/mol. The maximum atomic E-state index is 12.0. The number of aliphatic imine (C=N–C) groups is 1. The fraction of sp³-hybridized carbons (Fsp3) is 0.652. The van der Waals surface area contributed by atoms with Gasteiger partial charge in [-0.25, -0.2) is 0 Å². The smallest absolute Gasteiger partial charge is 0.222 e. The van der Waals surface area contributed by atoms with Crippen molar-refractivity contribution in [1.82, 2.24) is 10.2 Å². The molecule has 0 aromatic heterocycles. The van der Waals surface area contributed by atoms with E-state index in [1.807, 2.05) is 4.90 Å². The predicted molar refractivity (Wildman–Crippen MR) is 130 cm³/mol. The number of guanidine groups is 1. The molecule has 1 saturated heterocycles. The maximum absolute atomic E-state index is 12.0. The van der Waals surface area contributed by atoms with E-state index in [0.29, 0.717) is 11.8 Å². The molecule has 29 heavy (non-hydrogen) atoms. The van der Waals surface area contributed by atoms with Crippen molar-refractivity contribution < 1.29 is 4.79 Å². The lowest BCUT2D eigenvalue weighted by atomic mass is 9.98. The van der Waals surface area contributed by atoms with Crippen LogP contribution in [0.3, 0.4) is 0 Å². The molecule has 1 aromatic carbocycles. The summed E-state index contributed by atoms with van der Waals surface area (Å²) in [5, 5.41) is 3.51. The van der Waals surface area contributed by atoms with Crippen LogP contribution < -0.4 is 10.2 Å². The van der Waals surface area contributed by atoms with Gasteiger partial charge in [-0.15, -0.1) is 24.0 Å². The van der Waals surface area contributed by atoms with Gasteiger partial charge in [0.05, 0.1) is 0 Å². The third kappa shape index (κ3) is 5.64. The fourth-order valence-electron chi connectivity index (χ4n) is 4.56. The molecule has 0 radical (unpaired) electrons. The van der Waals surface area contributed by atoms with Crippen LogP contribution in [0, 0.1) is 5.92 Å². The molecular formula is C23H35IN4O. The molecular weight excluding hydrogens is 475 g/mol. The number of hydrogen-bond acceptors (Lipinski definition) is 2. The van der Waals surface area contributed by atoms with Crippen molar-refractivity contribution in [3.05, 3.63) is 29.8 Å². The highest BCUT2D eigenvalue weighted by Gasteiger charge is 2.32. The highest BCUT2D eigenvalue weighted by molar-refractivity contribution is 14.0. The van der Waals surface area contributed by atoms with Crippen molar-refractivity contribution in [2.45, 2.75) is 57.8 Å². The minimum atomic E-state index is 0. The standard InChI is InChI=1S/C23H34N4O.HI/c1-2-24-23(25-14-5-7-18-11-12-18)27-17-19(20-8-3-4-9-21(20)27)13-16-26-15-6-10-22(26)28;/h3-4,8-9,18-19H,2,5-7,10-17H2,1H3,(H,24,25);1H. The number of nitrogens with one attached hydrogen (secondary N) is 1. The minimum absolute atomic E-state index is 0. The first-order chi connectivity index (χ1) is 13.8. The van der Waals surface area contributed by atoms with Crippen LogP contribution in [0.1, 0.15) is 63.4 Å². The molecule has 1 atom stereocenters. The number of rotatable bonds is 8. The molecule has 1 amide bonds. The monoisotopic (exact) mass is 510 g/mol. The van der Waals surface area contributed by atoms with Crippen LogP contribution >= 0.6 is 24.0 Å². The van der Waals surface area contributed by atoms with E-state index >= 15 is 0 Å². The largest absolute Gasteiger partial charge is 0.356 e. The number of anilines is 1. The van der Waals surface area contributed by atoms with Crippen LogP contribution in [0.25, 0.3) is 0 Å². The van der Waals surface area contributed by atoms with Gasteiger partial charge in [0.1, 0.15) is 0 Å². The van der Waals surface area contributed by atoms with Gasteiger partial charge in [-0.1, -0.05) is 31.0 Å². The third-order valence-corrected chi connectivity index (χ3v) is 6.31. The zero-order chi connectivity index (χ0) is 19.3. The van der Waals surface area contributed by atoms with Crippen LogP contribution in [-0.2, 0) is 4.79 Å². The Morgan fingerprint density at radius 3 is 2.79 bits per heavy atom. The number of para-hydroxylation sites is 1. The van der Waals surface area contributed by atoms with E-state index in [4.69, 9.17) is 4.99 Å². The summed E-state index contributed by atoms with van der Waals surface area (Å²) in [5.74, 6) is 2.78. The Kier molecular flexibility index (Phi) is 8.21. The lowest BCUT2D eigenvalue weighted by Gasteiger charge is -2.23. The normalized spacial score (nSPS) is 21.3. The van der Waals surface area contributed by atoms with Crippen molar-refractivity contribution >= 4 is 41.5 Å². The predicted octanol–water partition coefficient (Wildman–Crippen LogP) is 4.38. The van der Waals surface area contributed by atoms with Gasteiger partial charge in [0, 0.05) is 50.7 Å². The molecule has 1 N–H and O–H groups in total. The van der Waals surface area contributed by atoms with Crippen molar-refractivity contribution in [3.63, 3.8) is 0 Å². The number of carbonyl (C=O) groups is 1. The third-order valence-electron chi connectivity index (χ3n) is 6.31. The second-order valence-corrected chi connectivity index (χ2v) is 8.46. The van der Waals surface area contributed by atoms with Crippen molar-refractivity contribution in [1.29, 1.82) is 0 Å². The van der Waals surface area contributed by atoms with E-state index < -0.39 is 0 Å². The van der Waals surface area contributed by atoms with Gasteiger partial charge in [0.25, 0.3) is 0 Å². The summed E-state index contributed by atoms with van der Waals surface area (Å²) in [7, 11) is 0. The molecule has 160 valence electrons. The van der Waals surface area contributed by atoms with Crippen LogP contribution in [0.4, 0.5) is 5.69 Å². The molecule has 4 rings (SSSR count). The van der Waals surface area contributed by atoms with E-state index in [2.05, 4.69) is 41.4 Å². The number of likely N-dealkylation sites (tertiary alicyclic amines) is 1. The first-order valence-electron chi connectivity index (χ1n) is 11.2. The quantitative estimate of drug-likeness (QED) is 0.245. The maximum Gasteiger partial charge on any atom is 0.222 e. The molecule has 6 heteroatoms. The number of amides is 1. The van der Waals surface area contributed by atoms with E-state index in [9.17, 15) is 4.79 Å². The summed E-state index contributed by atoms with van der Waals surface area (Å²) in [6, 6.07) is 8.72. The summed E-state index contributed by atoms with van der Waals surface area (Å²) >= 11 is 0. The topological polar surface area (TPSA) is 47.9 Å². The van der Waals surface area contributed by atoms with Gasteiger partial charge in [-0.05, 0) is 50.2 Å². The molecule has 5 nitrogen and oxygen atoms in total. The Morgan fingerprint density at radius 1 is 1.24 bits per heavy atom. The molecule has 2 heterocycles. The molecule has 1 aliphatic carbocycles. The lowest BCUT2D eigenvalue weighted by Crippen LogP contribution is -2.41. The molecule has 1 unspecified atom stereocenters. The van der Waals surface area contributed by atoms with Gasteiger partial charge in [-0.3, -0.25) is 9.79 Å². The van der Waals surface area contributed by atoms with Crippen LogP contribution in [0.5, 0.6) is 0 Å². The molecule has 3 aliphatic rings. The Hall–Kier alpha value is -1.31. The average Bonchev–Trinajstić information content (AvgIpc) is 3.34. The van der Waals surface area contributed by atoms with Crippen molar-refractivity contribution in [3.8, 4) is 0 Å². The minimum Gasteiger partial charge on any atom is -0.356 e.